The van der Waals surface area contributed by atoms with Crippen LogP contribution in [0.1, 0.15) is 26.2 Å². The summed E-state index contributed by atoms with van der Waals surface area (Å²) in [6, 6.07) is 0. The molecule has 1 N–H and O–H groups in total. The Bertz CT molecular complexity index is 236. The first-order valence-corrected chi connectivity index (χ1v) is 5.19. The highest BCUT2D eigenvalue weighted by molar-refractivity contribution is 5.74. The van der Waals surface area contributed by atoms with Crippen molar-refractivity contribution in [2.24, 2.45) is 5.92 Å². The molecule has 1 aliphatic rings. The number of amides is 1. The Hall–Kier alpha value is -1.26. The molecular weight excluding hydrogens is 198 g/mol. The van der Waals surface area contributed by atoms with Crippen molar-refractivity contribution < 1.29 is 19.1 Å². The second-order valence-electron chi connectivity index (χ2n) is 3.65. The van der Waals surface area contributed by atoms with E-state index in [0.29, 0.717) is 19.4 Å². The third-order valence-corrected chi connectivity index (χ3v) is 2.42. The van der Waals surface area contributed by atoms with E-state index in [-0.39, 0.29) is 18.0 Å². The van der Waals surface area contributed by atoms with E-state index in [4.69, 9.17) is 4.74 Å². The van der Waals surface area contributed by atoms with Gasteiger partial charge in [0.05, 0.1) is 13.0 Å². The van der Waals surface area contributed by atoms with E-state index in [1.54, 1.807) is 0 Å². The van der Waals surface area contributed by atoms with Crippen LogP contribution >= 0.6 is 0 Å². The van der Waals surface area contributed by atoms with E-state index in [0.717, 1.165) is 6.42 Å². The molecule has 0 bridgehead atoms. The van der Waals surface area contributed by atoms with Crippen LogP contribution in [0.5, 0.6) is 0 Å². The van der Waals surface area contributed by atoms with Crippen LogP contribution in [0.3, 0.4) is 0 Å². The molecule has 0 radical (unpaired) electrons. The number of methoxy groups -OCH3 is 1. The Balaban J connectivity index is 2.12. The minimum absolute atomic E-state index is 0.0982. The van der Waals surface area contributed by atoms with Crippen LogP contribution in [0.25, 0.3) is 0 Å². The zero-order valence-corrected chi connectivity index (χ0v) is 9.12. The van der Waals surface area contributed by atoms with E-state index in [1.165, 1.54) is 7.11 Å². The number of carbonyl (C=O) groups excluding carboxylic acids is 2. The highest BCUT2D eigenvalue weighted by Gasteiger charge is 2.37. The smallest absolute Gasteiger partial charge is 0.407 e. The van der Waals surface area contributed by atoms with Gasteiger partial charge in [-0.1, -0.05) is 6.92 Å². The number of hydrogen-bond acceptors (Lipinski definition) is 4. The number of esters is 1. The SMILES string of the molecule is CCCNC(=O)OC1CC(C(=O)OC)C1. The summed E-state index contributed by atoms with van der Waals surface area (Å²) >= 11 is 0. The molecule has 0 atom stereocenters. The molecule has 0 unspecified atom stereocenters. The molecule has 0 aromatic rings. The first-order valence-electron chi connectivity index (χ1n) is 5.19. The van der Waals surface area contributed by atoms with Crippen LogP contribution in [0.2, 0.25) is 0 Å². The van der Waals surface area contributed by atoms with E-state index < -0.39 is 6.09 Å². The molecule has 1 aliphatic carbocycles. The van der Waals surface area contributed by atoms with E-state index in [2.05, 4.69) is 10.1 Å². The lowest BCUT2D eigenvalue weighted by Gasteiger charge is -2.32. The minimum atomic E-state index is -0.398. The molecule has 1 fully saturated rings. The Kier molecular flexibility index (Phi) is 4.39. The van der Waals surface area contributed by atoms with Crippen molar-refractivity contribution >= 4 is 12.1 Å². The van der Waals surface area contributed by atoms with Crippen LogP contribution in [0.15, 0.2) is 0 Å². The summed E-state index contributed by atoms with van der Waals surface area (Å²) in [7, 11) is 1.37. The van der Waals surface area contributed by atoms with Gasteiger partial charge in [-0.05, 0) is 19.3 Å². The van der Waals surface area contributed by atoms with Crippen LogP contribution in [-0.2, 0) is 14.3 Å². The van der Waals surface area contributed by atoms with E-state index >= 15 is 0 Å². The fourth-order valence-corrected chi connectivity index (χ4v) is 1.44. The first-order chi connectivity index (χ1) is 7.17. The van der Waals surface area contributed by atoms with Gasteiger partial charge in [-0.25, -0.2) is 4.79 Å². The summed E-state index contributed by atoms with van der Waals surface area (Å²) in [5.41, 5.74) is 0. The lowest BCUT2D eigenvalue weighted by atomic mass is 9.82. The molecular formula is C10H17NO4. The summed E-state index contributed by atoms with van der Waals surface area (Å²) in [6.07, 6.45) is 1.50. The molecule has 0 aromatic carbocycles. The number of nitrogens with one attached hydrogen (secondary N) is 1. The minimum Gasteiger partial charge on any atom is -0.469 e. The largest absolute Gasteiger partial charge is 0.469 e. The average Bonchev–Trinajstić information content (AvgIpc) is 2.18. The molecule has 0 spiro atoms. The van der Waals surface area contributed by atoms with Crippen LogP contribution in [-0.4, -0.2) is 31.8 Å². The summed E-state index contributed by atoms with van der Waals surface area (Å²) in [5.74, 6) is -0.317. The Morgan fingerprint density at radius 3 is 2.60 bits per heavy atom. The molecule has 5 nitrogen and oxygen atoms in total. The Morgan fingerprint density at radius 1 is 1.40 bits per heavy atom. The van der Waals surface area contributed by atoms with Crippen LogP contribution in [0, 0.1) is 5.92 Å². The second kappa shape index (κ2) is 5.58. The zero-order chi connectivity index (χ0) is 11.3. The second-order valence-corrected chi connectivity index (χ2v) is 3.65. The zero-order valence-electron chi connectivity index (χ0n) is 9.12. The van der Waals surface area contributed by atoms with Gasteiger partial charge in [0.2, 0.25) is 0 Å². The fourth-order valence-electron chi connectivity index (χ4n) is 1.44. The molecule has 1 saturated carbocycles. The summed E-state index contributed by atoms with van der Waals surface area (Å²) in [5, 5.41) is 2.61. The highest BCUT2D eigenvalue weighted by Crippen LogP contribution is 2.30. The molecule has 15 heavy (non-hydrogen) atoms. The molecule has 1 amide bonds. The summed E-state index contributed by atoms with van der Waals surface area (Å²) < 4.78 is 9.63. The Labute approximate surface area is 89.1 Å². The maximum atomic E-state index is 11.1. The summed E-state index contributed by atoms with van der Waals surface area (Å²) in [4.78, 5) is 22.1. The molecule has 0 saturated heterocycles. The fraction of sp³-hybridized carbons (Fsp3) is 0.800. The number of carbonyl (C=O) groups is 2. The van der Waals surface area contributed by atoms with Crippen LogP contribution < -0.4 is 5.32 Å². The molecule has 0 heterocycles. The maximum absolute atomic E-state index is 11.1. The molecule has 0 aromatic heterocycles. The van der Waals surface area contributed by atoms with Crippen molar-refractivity contribution in [3.8, 4) is 0 Å². The van der Waals surface area contributed by atoms with Crippen molar-refractivity contribution in [3.63, 3.8) is 0 Å². The average molecular weight is 215 g/mol. The highest BCUT2D eigenvalue weighted by atomic mass is 16.6. The predicted octanol–water partition coefficient (Wildman–Crippen LogP) is 1.07. The lowest BCUT2D eigenvalue weighted by Crippen LogP contribution is -2.40. The third-order valence-electron chi connectivity index (χ3n) is 2.42. The van der Waals surface area contributed by atoms with Gasteiger partial charge in [-0.3, -0.25) is 4.79 Å². The first kappa shape index (κ1) is 11.8. The molecule has 5 heteroatoms. The topological polar surface area (TPSA) is 64.6 Å². The van der Waals surface area contributed by atoms with Gasteiger partial charge in [0, 0.05) is 6.54 Å². The van der Waals surface area contributed by atoms with E-state index in [9.17, 15) is 9.59 Å². The summed E-state index contributed by atoms with van der Waals surface area (Å²) in [6.45, 7) is 2.59. The monoisotopic (exact) mass is 215 g/mol. The van der Waals surface area contributed by atoms with Crippen molar-refractivity contribution in [1.29, 1.82) is 0 Å². The van der Waals surface area contributed by atoms with Crippen molar-refractivity contribution in [3.05, 3.63) is 0 Å². The van der Waals surface area contributed by atoms with Gasteiger partial charge in [-0.15, -0.1) is 0 Å². The molecule has 0 aliphatic heterocycles. The van der Waals surface area contributed by atoms with Gasteiger partial charge in [0.15, 0.2) is 0 Å². The Morgan fingerprint density at radius 2 is 2.07 bits per heavy atom. The number of rotatable bonds is 4. The molecule has 1 rings (SSSR count). The van der Waals surface area contributed by atoms with E-state index in [1.807, 2.05) is 6.92 Å². The van der Waals surface area contributed by atoms with Crippen molar-refractivity contribution in [2.45, 2.75) is 32.3 Å². The lowest BCUT2D eigenvalue weighted by molar-refractivity contribution is -0.152. The van der Waals surface area contributed by atoms with Gasteiger partial charge >= 0.3 is 12.1 Å². The third kappa shape index (κ3) is 3.42. The van der Waals surface area contributed by atoms with Crippen LogP contribution in [0.4, 0.5) is 4.79 Å². The van der Waals surface area contributed by atoms with Crippen molar-refractivity contribution in [1.82, 2.24) is 5.32 Å². The predicted molar refractivity (Wildman–Crippen MR) is 53.3 cm³/mol. The van der Waals surface area contributed by atoms with Gasteiger partial charge < -0.3 is 14.8 Å². The normalized spacial score (nSPS) is 23.9. The number of ether oxygens (including phenoxy) is 2. The molecule has 86 valence electrons. The standard InChI is InChI=1S/C10H17NO4/c1-3-4-11-10(13)15-8-5-7(6-8)9(12)14-2/h7-8H,3-6H2,1-2H3,(H,11,13). The van der Waals surface area contributed by atoms with Gasteiger partial charge in [0.25, 0.3) is 0 Å². The van der Waals surface area contributed by atoms with Crippen molar-refractivity contribution in [2.75, 3.05) is 13.7 Å². The van der Waals surface area contributed by atoms with Gasteiger partial charge in [0.1, 0.15) is 6.10 Å². The number of hydrogen-bond donors (Lipinski definition) is 1. The van der Waals surface area contributed by atoms with Gasteiger partial charge in [-0.2, -0.15) is 0 Å². The number of alkyl carbamates (subject to hydrolysis) is 1. The maximum Gasteiger partial charge on any atom is 0.407 e. The quantitative estimate of drug-likeness (QED) is 0.712.